The van der Waals surface area contributed by atoms with Crippen LogP contribution in [0.1, 0.15) is 10.6 Å². The number of hydrogen-bond acceptors (Lipinski definition) is 6. The second kappa shape index (κ2) is 7.00. The standard InChI is InChI=1S/C17H15N3O5/c1-24-15-9-25-14(8-13(15)21)16(22)18-6-7-20-10-19-12-5-3-2-4-11(12)17(20)23/h2-5,8-10H,6-7H2,1H3,(H,18,22). The van der Waals surface area contributed by atoms with Crippen molar-refractivity contribution in [1.29, 1.82) is 0 Å². The van der Waals surface area contributed by atoms with Crippen LogP contribution < -0.4 is 21.0 Å². The normalized spacial score (nSPS) is 10.6. The van der Waals surface area contributed by atoms with Crippen LogP contribution in [0.4, 0.5) is 0 Å². The summed E-state index contributed by atoms with van der Waals surface area (Å²) in [5.74, 6) is -0.665. The highest BCUT2D eigenvalue weighted by atomic mass is 16.5. The van der Waals surface area contributed by atoms with E-state index in [1.54, 1.807) is 18.2 Å². The molecule has 1 N–H and O–H groups in total. The number of aromatic nitrogens is 2. The molecule has 0 fully saturated rings. The molecule has 0 bridgehead atoms. The van der Waals surface area contributed by atoms with Gasteiger partial charge in [0.15, 0.2) is 5.76 Å². The zero-order valence-corrected chi connectivity index (χ0v) is 13.4. The molecular formula is C17H15N3O5. The van der Waals surface area contributed by atoms with Crippen LogP contribution >= 0.6 is 0 Å². The number of nitrogens with zero attached hydrogens (tertiary/aromatic N) is 2. The Hall–Kier alpha value is -3.42. The summed E-state index contributed by atoms with van der Waals surface area (Å²) in [6, 6.07) is 8.09. The van der Waals surface area contributed by atoms with E-state index in [4.69, 9.17) is 9.15 Å². The Morgan fingerprint density at radius 1 is 1.32 bits per heavy atom. The third-order valence-electron chi connectivity index (χ3n) is 3.61. The minimum absolute atomic E-state index is 0.0188. The highest BCUT2D eigenvalue weighted by Crippen LogP contribution is 2.05. The lowest BCUT2D eigenvalue weighted by atomic mass is 10.2. The lowest BCUT2D eigenvalue weighted by Crippen LogP contribution is -2.31. The molecule has 0 atom stereocenters. The van der Waals surface area contributed by atoms with Crippen molar-refractivity contribution in [3.8, 4) is 5.75 Å². The van der Waals surface area contributed by atoms with E-state index in [9.17, 15) is 14.4 Å². The summed E-state index contributed by atoms with van der Waals surface area (Å²) >= 11 is 0. The molecule has 0 aliphatic heterocycles. The number of benzene rings is 1. The van der Waals surface area contributed by atoms with Gasteiger partial charge in [0, 0.05) is 19.2 Å². The highest BCUT2D eigenvalue weighted by Gasteiger charge is 2.11. The number of carbonyl (C=O) groups is 1. The second-order valence-corrected chi connectivity index (χ2v) is 5.19. The summed E-state index contributed by atoms with van der Waals surface area (Å²) in [6.07, 6.45) is 2.51. The first-order valence-corrected chi connectivity index (χ1v) is 7.49. The molecule has 8 heteroatoms. The lowest BCUT2D eigenvalue weighted by Gasteiger charge is -2.08. The van der Waals surface area contributed by atoms with Crippen LogP contribution in [0.2, 0.25) is 0 Å². The van der Waals surface area contributed by atoms with E-state index in [1.165, 1.54) is 18.0 Å². The molecule has 0 radical (unpaired) electrons. The summed E-state index contributed by atoms with van der Waals surface area (Å²) in [5, 5.41) is 3.10. The second-order valence-electron chi connectivity index (χ2n) is 5.19. The van der Waals surface area contributed by atoms with Crippen LogP contribution in [-0.2, 0) is 6.54 Å². The van der Waals surface area contributed by atoms with Gasteiger partial charge in [0.2, 0.25) is 11.2 Å². The molecule has 0 saturated heterocycles. The van der Waals surface area contributed by atoms with Crippen molar-refractivity contribution in [3.05, 3.63) is 69.3 Å². The van der Waals surface area contributed by atoms with E-state index >= 15 is 0 Å². The number of para-hydroxylation sites is 1. The van der Waals surface area contributed by atoms with Gasteiger partial charge in [-0.05, 0) is 12.1 Å². The van der Waals surface area contributed by atoms with Crippen molar-refractivity contribution >= 4 is 16.8 Å². The van der Waals surface area contributed by atoms with Crippen LogP contribution in [0.3, 0.4) is 0 Å². The predicted octanol–water partition coefficient (Wildman–Crippen LogP) is 0.788. The molecule has 1 amide bonds. The average Bonchev–Trinajstić information content (AvgIpc) is 2.63. The van der Waals surface area contributed by atoms with Crippen molar-refractivity contribution in [1.82, 2.24) is 14.9 Å². The van der Waals surface area contributed by atoms with Gasteiger partial charge in [-0.25, -0.2) is 4.98 Å². The number of hydrogen-bond donors (Lipinski definition) is 1. The van der Waals surface area contributed by atoms with Crippen molar-refractivity contribution in [2.24, 2.45) is 0 Å². The maximum absolute atomic E-state index is 12.3. The molecule has 0 saturated carbocycles. The van der Waals surface area contributed by atoms with Crippen LogP contribution in [0, 0.1) is 0 Å². The topological polar surface area (TPSA) is 103 Å². The van der Waals surface area contributed by atoms with Gasteiger partial charge in [-0.3, -0.25) is 19.0 Å². The SMILES string of the molecule is COc1coc(C(=O)NCCn2cnc3ccccc3c2=O)cc1=O. The Labute approximate surface area is 141 Å². The number of carbonyl (C=O) groups excluding carboxylic acids is 1. The van der Waals surface area contributed by atoms with E-state index in [1.807, 2.05) is 6.07 Å². The fourth-order valence-corrected chi connectivity index (χ4v) is 2.31. The maximum Gasteiger partial charge on any atom is 0.287 e. The van der Waals surface area contributed by atoms with Gasteiger partial charge >= 0.3 is 0 Å². The number of fused-ring (bicyclic) bond motifs is 1. The van der Waals surface area contributed by atoms with E-state index in [0.717, 1.165) is 12.3 Å². The molecule has 0 aliphatic rings. The van der Waals surface area contributed by atoms with Crippen molar-refractivity contribution in [2.45, 2.75) is 6.54 Å². The molecule has 2 heterocycles. The zero-order valence-electron chi connectivity index (χ0n) is 13.4. The summed E-state index contributed by atoms with van der Waals surface area (Å²) < 4.78 is 11.3. The van der Waals surface area contributed by atoms with E-state index < -0.39 is 11.3 Å². The quantitative estimate of drug-likeness (QED) is 0.736. The Kier molecular flexibility index (Phi) is 4.60. The molecule has 8 nitrogen and oxygen atoms in total. The molecule has 2 aromatic heterocycles. The Bertz CT molecular complexity index is 1040. The minimum Gasteiger partial charge on any atom is -0.490 e. The van der Waals surface area contributed by atoms with E-state index in [0.29, 0.717) is 10.9 Å². The van der Waals surface area contributed by atoms with Gasteiger partial charge in [-0.15, -0.1) is 0 Å². The number of methoxy groups -OCH3 is 1. The van der Waals surface area contributed by atoms with Crippen molar-refractivity contribution in [2.75, 3.05) is 13.7 Å². The third kappa shape index (κ3) is 3.42. The van der Waals surface area contributed by atoms with E-state index in [2.05, 4.69) is 10.3 Å². The number of amides is 1. The maximum atomic E-state index is 12.3. The van der Waals surface area contributed by atoms with Crippen molar-refractivity contribution < 1.29 is 13.9 Å². The summed E-state index contributed by atoms with van der Waals surface area (Å²) in [7, 11) is 1.33. The number of ether oxygens (including phenoxy) is 1. The van der Waals surface area contributed by atoms with E-state index in [-0.39, 0.29) is 30.2 Å². The minimum atomic E-state index is -0.554. The lowest BCUT2D eigenvalue weighted by molar-refractivity contribution is 0.0921. The van der Waals surface area contributed by atoms with Crippen LogP contribution in [0.25, 0.3) is 10.9 Å². The van der Waals surface area contributed by atoms with Crippen LogP contribution in [0.15, 0.2) is 56.9 Å². The largest absolute Gasteiger partial charge is 0.490 e. The van der Waals surface area contributed by atoms with Gasteiger partial charge in [0.25, 0.3) is 11.5 Å². The first kappa shape index (κ1) is 16.4. The van der Waals surface area contributed by atoms with Gasteiger partial charge in [0.1, 0.15) is 6.26 Å². The molecule has 3 rings (SSSR count). The molecule has 3 aromatic rings. The molecule has 0 aliphatic carbocycles. The molecule has 128 valence electrons. The zero-order chi connectivity index (χ0) is 17.8. The first-order valence-electron chi connectivity index (χ1n) is 7.49. The smallest absolute Gasteiger partial charge is 0.287 e. The third-order valence-corrected chi connectivity index (χ3v) is 3.61. The van der Waals surface area contributed by atoms with Crippen LogP contribution in [-0.4, -0.2) is 29.1 Å². The summed E-state index contributed by atoms with van der Waals surface area (Å²) in [5.41, 5.74) is -0.0162. The number of rotatable bonds is 5. The molecule has 0 spiro atoms. The van der Waals surface area contributed by atoms with Gasteiger partial charge in [0.05, 0.1) is 24.3 Å². The Morgan fingerprint density at radius 3 is 2.88 bits per heavy atom. The first-order chi connectivity index (χ1) is 12.1. The summed E-state index contributed by atoms with van der Waals surface area (Å²) in [6.45, 7) is 0.414. The summed E-state index contributed by atoms with van der Waals surface area (Å²) in [4.78, 5) is 40.1. The average molecular weight is 341 g/mol. The number of nitrogens with one attached hydrogen (secondary N) is 1. The fourth-order valence-electron chi connectivity index (χ4n) is 2.31. The molecule has 1 aromatic carbocycles. The van der Waals surface area contributed by atoms with Gasteiger partial charge in [-0.2, -0.15) is 0 Å². The van der Waals surface area contributed by atoms with Gasteiger partial charge in [-0.1, -0.05) is 12.1 Å². The fraction of sp³-hybridized carbons (Fsp3) is 0.176. The Morgan fingerprint density at radius 2 is 2.12 bits per heavy atom. The van der Waals surface area contributed by atoms with Gasteiger partial charge < -0.3 is 14.5 Å². The molecule has 0 unspecified atom stereocenters. The Balaban J connectivity index is 1.68. The predicted molar refractivity (Wildman–Crippen MR) is 89.9 cm³/mol. The van der Waals surface area contributed by atoms with Crippen LogP contribution in [0.5, 0.6) is 5.75 Å². The van der Waals surface area contributed by atoms with Crippen molar-refractivity contribution in [3.63, 3.8) is 0 Å². The molecular weight excluding hydrogens is 326 g/mol. The highest BCUT2D eigenvalue weighted by molar-refractivity contribution is 5.91. The molecule has 25 heavy (non-hydrogen) atoms. The monoisotopic (exact) mass is 341 g/mol.